The van der Waals surface area contributed by atoms with Gasteiger partial charge >= 0.3 is 25.7 Å². The number of carbonyl (C=O) groups is 3. The maximum absolute atomic E-state index is 13.0. The Morgan fingerprint density at radius 2 is 0.700 bits per heavy atom. The van der Waals surface area contributed by atoms with Gasteiger partial charge in [-0.3, -0.25) is 23.4 Å². The standard InChI is InChI=1S/C68H113O11P/c1-4-7-10-13-16-19-22-25-28-30-32-34-37-39-42-45-48-51-54-57-66(70)75-61-65(79-68(72)59-56-53-50-47-44-41-38-35-33-31-29-26-23-20-17-14-11-8-5-2)63-77-80(73,74)76-62-64(60-69)78-67(71)58-55-52-49-46-43-40-36-27-24-21-18-15-12-9-6-3/h9,12,16-21,25-29,33,35-36,43,46,52,55,64-65,69H,4-8,10-11,13-15,22-24,30-32,34,37-42,44-45,47-51,53-54,56-63H2,1-3H3,(H,73,74)/b12-9-,19-16-,20-17-,21-18-,28-25-,29-26-,35-33-,36-27-,46-43-,55-52-. The van der Waals surface area contributed by atoms with Crippen LogP contribution in [0.4, 0.5) is 0 Å². The fourth-order valence-electron chi connectivity index (χ4n) is 8.12. The second kappa shape index (κ2) is 61.0. The Hall–Kier alpha value is -4.12. The van der Waals surface area contributed by atoms with Crippen molar-refractivity contribution in [3.63, 3.8) is 0 Å². The molecule has 0 heterocycles. The number of aliphatic hydroxyl groups excluding tert-OH is 1. The molecule has 3 atom stereocenters. The van der Waals surface area contributed by atoms with Gasteiger partial charge in [0.25, 0.3) is 0 Å². The average molecular weight is 1140 g/mol. The lowest BCUT2D eigenvalue weighted by Crippen LogP contribution is -2.30. The summed E-state index contributed by atoms with van der Waals surface area (Å²) >= 11 is 0. The molecule has 0 radical (unpaired) electrons. The number of aliphatic hydroxyl groups is 1. The second-order valence-corrected chi connectivity index (χ2v) is 22.0. The monoisotopic (exact) mass is 1140 g/mol. The highest BCUT2D eigenvalue weighted by molar-refractivity contribution is 7.47. The number of ether oxygens (including phenoxy) is 3. The van der Waals surface area contributed by atoms with Crippen molar-refractivity contribution >= 4 is 25.7 Å². The number of hydrogen-bond acceptors (Lipinski definition) is 10. The number of allylic oxidation sites excluding steroid dienone is 19. The smallest absolute Gasteiger partial charge is 0.462 e. The van der Waals surface area contributed by atoms with Crippen molar-refractivity contribution in [1.82, 2.24) is 0 Å². The first-order valence-electron chi connectivity index (χ1n) is 31.4. The van der Waals surface area contributed by atoms with E-state index >= 15 is 0 Å². The van der Waals surface area contributed by atoms with Crippen LogP contribution < -0.4 is 0 Å². The van der Waals surface area contributed by atoms with Gasteiger partial charge in [0.05, 0.1) is 26.2 Å². The fraction of sp³-hybridized carbons (Fsp3) is 0.662. The number of unbranched alkanes of at least 4 members (excludes halogenated alkanes) is 21. The Kier molecular flexibility index (Phi) is 57.8. The summed E-state index contributed by atoms with van der Waals surface area (Å²) in [6, 6.07) is 0. The predicted molar refractivity (Wildman–Crippen MR) is 334 cm³/mol. The van der Waals surface area contributed by atoms with Crippen LogP contribution in [0.15, 0.2) is 122 Å². The van der Waals surface area contributed by atoms with E-state index in [1.807, 2.05) is 18.2 Å². The van der Waals surface area contributed by atoms with Crippen LogP contribution >= 0.6 is 7.82 Å². The van der Waals surface area contributed by atoms with Gasteiger partial charge in [0.15, 0.2) is 6.10 Å². The number of phosphoric ester groups is 1. The summed E-state index contributed by atoms with van der Waals surface area (Å²) in [5.74, 6) is -1.63. The summed E-state index contributed by atoms with van der Waals surface area (Å²) < 4.78 is 39.5. The Morgan fingerprint density at radius 3 is 1.10 bits per heavy atom. The number of carbonyl (C=O) groups excluding carboxylic acids is 3. The largest absolute Gasteiger partial charge is 0.472 e. The van der Waals surface area contributed by atoms with Crippen LogP contribution in [0, 0.1) is 0 Å². The summed E-state index contributed by atoms with van der Waals surface area (Å²) in [5.41, 5.74) is 0. The van der Waals surface area contributed by atoms with Gasteiger partial charge in [0.2, 0.25) is 0 Å². The van der Waals surface area contributed by atoms with E-state index in [1.54, 1.807) is 6.08 Å². The lowest BCUT2D eigenvalue weighted by Gasteiger charge is -2.21. The third-order valence-electron chi connectivity index (χ3n) is 12.9. The highest BCUT2D eigenvalue weighted by Crippen LogP contribution is 2.43. The van der Waals surface area contributed by atoms with Crippen LogP contribution in [0.5, 0.6) is 0 Å². The molecule has 0 spiro atoms. The zero-order chi connectivity index (χ0) is 58.3. The molecule has 0 aliphatic heterocycles. The van der Waals surface area contributed by atoms with Gasteiger partial charge in [-0.1, -0.05) is 239 Å². The van der Waals surface area contributed by atoms with Gasteiger partial charge in [0, 0.05) is 12.8 Å². The zero-order valence-corrected chi connectivity index (χ0v) is 51.4. The molecule has 0 aromatic heterocycles. The van der Waals surface area contributed by atoms with Gasteiger partial charge in [-0.25, -0.2) is 4.57 Å². The maximum Gasteiger partial charge on any atom is 0.472 e. The molecule has 12 heteroatoms. The van der Waals surface area contributed by atoms with Crippen molar-refractivity contribution in [3.8, 4) is 0 Å². The van der Waals surface area contributed by atoms with Gasteiger partial charge in [0.1, 0.15) is 12.7 Å². The summed E-state index contributed by atoms with van der Waals surface area (Å²) in [6.45, 7) is 4.36. The Labute approximate surface area is 487 Å². The van der Waals surface area contributed by atoms with E-state index < -0.39 is 57.8 Å². The summed E-state index contributed by atoms with van der Waals surface area (Å²) in [7, 11) is -4.79. The van der Waals surface area contributed by atoms with Crippen LogP contribution in [0.2, 0.25) is 0 Å². The van der Waals surface area contributed by atoms with Crippen LogP contribution in [0.3, 0.4) is 0 Å². The van der Waals surface area contributed by atoms with Crippen LogP contribution in [-0.4, -0.2) is 66.5 Å². The number of esters is 3. The first kappa shape index (κ1) is 75.9. The molecule has 0 bridgehead atoms. The van der Waals surface area contributed by atoms with E-state index in [1.165, 1.54) is 83.5 Å². The van der Waals surface area contributed by atoms with Crippen molar-refractivity contribution in [3.05, 3.63) is 122 Å². The van der Waals surface area contributed by atoms with Crippen LogP contribution in [0.25, 0.3) is 0 Å². The van der Waals surface area contributed by atoms with E-state index in [0.717, 1.165) is 109 Å². The van der Waals surface area contributed by atoms with Crippen molar-refractivity contribution in [2.75, 3.05) is 26.4 Å². The first-order chi connectivity index (χ1) is 39.2. The van der Waals surface area contributed by atoms with E-state index in [9.17, 15) is 28.9 Å². The van der Waals surface area contributed by atoms with Crippen molar-refractivity contribution < 1.29 is 52.2 Å². The number of hydrogen-bond donors (Lipinski definition) is 2. The van der Waals surface area contributed by atoms with Crippen molar-refractivity contribution in [2.24, 2.45) is 0 Å². The topological polar surface area (TPSA) is 155 Å². The maximum atomic E-state index is 13.0. The lowest BCUT2D eigenvalue weighted by atomic mass is 10.1. The molecule has 0 saturated heterocycles. The molecule has 2 N–H and O–H groups in total. The van der Waals surface area contributed by atoms with Gasteiger partial charge in [-0.05, 0) is 116 Å². The molecule has 0 rings (SSSR count). The Balaban J connectivity index is 4.83. The minimum Gasteiger partial charge on any atom is -0.462 e. The predicted octanol–water partition coefficient (Wildman–Crippen LogP) is 19.1. The molecular weight excluding hydrogens is 1020 g/mol. The summed E-state index contributed by atoms with van der Waals surface area (Å²) in [4.78, 5) is 48.7. The zero-order valence-electron chi connectivity index (χ0n) is 50.5. The molecule has 11 nitrogen and oxygen atoms in total. The molecule has 0 aromatic rings. The third kappa shape index (κ3) is 58.5. The lowest BCUT2D eigenvalue weighted by molar-refractivity contribution is -0.161. The normalized spacial score (nSPS) is 14.1. The number of phosphoric acid groups is 1. The van der Waals surface area contributed by atoms with E-state index in [4.69, 9.17) is 23.3 Å². The molecule has 0 saturated carbocycles. The second-order valence-electron chi connectivity index (χ2n) is 20.5. The van der Waals surface area contributed by atoms with Crippen molar-refractivity contribution in [2.45, 2.75) is 264 Å². The SMILES string of the molecule is CC/C=C\C/C=C\C/C=C\C/C=C\C/C=C\CC(=O)OC(CO)COP(=O)(O)OCC(COC(=O)CCCCCCCCCCC/C=C\C/C=C\CCCCC)OC(=O)CCCCCCCC/C=C\C/C=C\C/C=C\CCCCC. The molecule has 0 aromatic carbocycles. The van der Waals surface area contributed by atoms with Crippen LogP contribution in [0.1, 0.15) is 252 Å². The van der Waals surface area contributed by atoms with E-state index in [0.29, 0.717) is 19.3 Å². The quantitative estimate of drug-likeness (QED) is 0.0197. The first-order valence-corrected chi connectivity index (χ1v) is 32.9. The molecule has 0 amide bonds. The molecule has 0 aliphatic carbocycles. The minimum atomic E-state index is -4.79. The fourth-order valence-corrected chi connectivity index (χ4v) is 8.90. The Morgan fingerprint density at radius 1 is 0.375 bits per heavy atom. The van der Waals surface area contributed by atoms with Crippen LogP contribution in [-0.2, 0) is 42.2 Å². The highest BCUT2D eigenvalue weighted by Gasteiger charge is 2.28. The van der Waals surface area contributed by atoms with E-state index in [2.05, 4.69) is 118 Å². The summed E-state index contributed by atoms with van der Waals surface area (Å²) in [6.07, 6.45) is 76.0. The summed E-state index contributed by atoms with van der Waals surface area (Å²) in [5, 5.41) is 9.82. The molecule has 3 unspecified atom stereocenters. The van der Waals surface area contributed by atoms with Crippen molar-refractivity contribution in [1.29, 1.82) is 0 Å². The Bertz CT molecular complexity index is 1800. The van der Waals surface area contributed by atoms with Gasteiger partial charge < -0.3 is 24.2 Å². The van der Waals surface area contributed by atoms with E-state index in [-0.39, 0.29) is 25.9 Å². The number of rotatable bonds is 57. The molecular formula is C68H113O11P. The highest BCUT2D eigenvalue weighted by atomic mass is 31.2. The molecule has 80 heavy (non-hydrogen) atoms. The third-order valence-corrected chi connectivity index (χ3v) is 13.8. The molecule has 456 valence electrons. The van der Waals surface area contributed by atoms with Gasteiger partial charge in [-0.2, -0.15) is 0 Å². The average Bonchev–Trinajstić information content (AvgIpc) is 3.45. The minimum absolute atomic E-state index is 0.0613. The molecule has 0 fully saturated rings. The molecule has 0 aliphatic rings. The van der Waals surface area contributed by atoms with Gasteiger partial charge in [-0.15, -0.1) is 0 Å².